The molecule has 1 aromatic heterocycles. The van der Waals surface area contributed by atoms with Crippen LogP contribution in [0.25, 0.3) is 0 Å². The molecule has 1 aliphatic rings. The number of fused-ring (bicyclic) bond motifs is 1. The summed E-state index contributed by atoms with van der Waals surface area (Å²) in [7, 11) is 0. The van der Waals surface area contributed by atoms with Gasteiger partial charge in [0.05, 0.1) is 6.61 Å². The molecule has 0 aromatic carbocycles. The highest BCUT2D eigenvalue weighted by molar-refractivity contribution is 6.29. The van der Waals surface area contributed by atoms with Crippen molar-refractivity contribution in [3.63, 3.8) is 0 Å². The van der Waals surface area contributed by atoms with Crippen LogP contribution >= 0.6 is 11.6 Å². The summed E-state index contributed by atoms with van der Waals surface area (Å²) < 4.78 is 6.52. The summed E-state index contributed by atoms with van der Waals surface area (Å²) >= 11 is 5.72. The van der Waals surface area contributed by atoms with Crippen LogP contribution in [0.1, 0.15) is 19.8 Å². The molecule has 7 heteroatoms. The van der Waals surface area contributed by atoms with Gasteiger partial charge in [0.2, 0.25) is 0 Å². The van der Waals surface area contributed by atoms with Crippen molar-refractivity contribution in [2.75, 3.05) is 18.1 Å². The van der Waals surface area contributed by atoms with Crippen LogP contribution in [-0.2, 0) is 11.3 Å². The zero-order chi connectivity index (χ0) is 13.1. The summed E-state index contributed by atoms with van der Waals surface area (Å²) in [5.41, 5.74) is -0.443. The van der Waals surface area contributed by atoms with Crippen LogP contribution in [-0.4, -0.2) is 28.8 Å². The van der Waals surface area contributed by atoms with Gasteiger partial charge in [-0.05, 0) is 6.42 Å². The Morgan fingerprint density at radius 1 is 1.56 bits per heavy atom. The van der Waals surface area contributed by atoms with Crippen LogP contribution in [0, 0.1) is 0 Å². The third kappa shape index (κ3) is 2.48. The van der Waals surface area contributed by atoms with E-state index in [1.807, 2.05) is 6.92 Å². The van der Waals surface area contributed by atoms with Crippen molar-refractivity contribution in [3.8, 4) is 0 Å². The largest absolute Gasteiger partial charge is 0.449 e. The average Bonchev–Trinajstić information content (AvgIpc) is 2.73. The molecule has 98 valence electrons. The average molecular weight is 272 g/mol. The molecule has 1 amide bonds. The Hall–Kier alpha value is -1.56. The van der Waals surface area contributed by atoms with Gasteiger partial charge in [0.25, 0.3) is 0 Å². The van der Waals surface area contributed by atoms with E-state index in [9.17, 15) is 9.59 Å². The molecule has 0 saturated carbocycles. The van der Waals surface area contributed by atoms with Crippen molar-refractivity contribution in [2.45, 2.75) is 26.3 Å². The van der Waals surface area contributed by atoms with E-state index in [-0.39, 0.29) is 5.15 Å². The molecule has 0 aliphatic carbocycles. The molecule has 1 aromatic rings. The van der Waals surface area contributed by atoms with Gasteiger partial charge in [-0.15, -0.1) is 0 Å². The van der Waals surface area contributed by atoms with E-state index in [1.165, 1.54) is 15.5 Å². The van der Waals surface area contributed by atoms with Gasteiger partial charge in [0.1, 0.15) is 11.0 Å². The maximum Gasteiger partial charge on any atom is 0.415 e. The standard InChI is InChI=1S/C11H14ClN3O3/c1-2-3-6-18-11(17)15-5-4-14-9(15)7-8(12)13-10(14)16/h7H,2-6H2,1H3. The Morgan fingerprint density at radius 2 is 2.33 bits per heavy atom. The van der Waals surface area contributed by atoms with Crippen molar-refractivity contribution in [1.82, 2.24) is 9.55 Å². The van der Waals surface area contributed by atoms with E-state index in [4.69, 9.17) is 16.3 Å². The Kier molecular flexibility index (Phi) is 3.86. The van der Waals surface area contributed by atoms with Gasteiger partial charge >= 0.3 is 11.8 Å². The Bertz CT molecular complexity index is 515. The van der Waals surface area contributed by atoms with Gasteiger partial charge in [0, 0.05) is 19.2 Å². The molecular formula is C11H14ClN3O3. The Morgan fingerprint density at radius 3 is 3.06 bits per heavy atom. The zero-order valence-corrected chi connectivity index (χ0v) is 10.8. The van der Waals surface area contributed by atoms with Crippen LogP contribution in [0.5, 0.6) is 0 Å². The highest BCUT2D eigenvalue weighted by Gasteiger charge is 2.27. The fraction of sp³-hybridized carbons (Fsp3) is 0.545. The number of aromatic nitrogens is 2. The summed E-state index contributed by atoms with van der Waals surface area (Å²) in [6.07, 6.45) is 1.33. The van der Waals surface area contributed by atoms with Crippen molar-refractivity contribution < 1.29 is 9.53 Å². The minimum atomic E-state index is -0.448. The number of unbranched alkanes of at least 4 members (excludes halogenated alkanes) is 1. The van der Waals surface area contributed by atoms with E-state index in [2.05, 4.69) is 4.98 Å². The predicted octanol–water partition coefficient (Wildman–Crippen LogP) is 1.65. The minimum Gasteiger partial charge on any atom is -0.449 e. The number of amides is 1. The summed E-state index contributed by atoms with van der Waals surface area (Å²) in [5.74, 6) is 0.446. The number of rotatable bonds is 3. The number of ether oxygens (including phenoxy) is 1. The topological polar surface area (TPSA) is 64.4 Å². The maximum atomic E-state index is 11.8. The smallest absolute Gasteiger partial charge is 0.415 e. The summed E-state index contributed by atoms with van der Waals surface area (Å²) in [4.78, 5) is 28.4. The molecule has 0 fully saturated rings. The monoisotopic (exact) mass is 271 g/mol. The molecule has 0 saturated heterocycles. The van der Waals surface area contributed by atoms with Gasteiger partial charge in [0.15, 0.2) is 0 Å². The highest BCUT2D eigenvalue weighted by atomic mass is 35.5. The molecular weight excluding hydrogens is 258 g/mol. The fourth-order valence-corrected chi connectivity index (χ4v) is 1.95. The van der Waals surface area contributed by atoms with Gasteiger partial charge in [-0.3, -0.25) is 9.47 Å². The first-order chi connectivity index (χ1) is 8.63. The Balaban J connectivity index is 2.16. The number of halogens is 1. The van der Waals surface area contributed by atoms with E-state index in [0.717, 1.165) is 12.8 Å². The van der Waals surface area contributed by atoms with Crippen LogP contribution in [0.3, 0.4) is 0 Å². The second-order valence-corrected chi connectivity index (χ2v) is 4.38. The van der Waals surface area contributed by atoms with Crippen LogP contribution in [0.4, 0.5) is 10.6 Å². The lowest BCUT2D eigenvalue weighted by atomic mass is 10.4. The van der Waals surface area contributed by atoms with E-state index >= 15 is 0 Å². The lowest BCUT2D eigenvalue weighted by Gasteiger charge is -2.15. The second kappa shape index (κ2) is 5.39. The highest BCUT2D eigenvalue weighted by Crippen LogP contribution is 2.21. The van der Waals surface area contributed by atoms with Crippen molar-refractivity contribution >= 4 is 23.5 Å². The van der Waals surface area contributed by atoms with Gasteiger partial charge in [-0.25, -0.2) is 9.59 Å². The number of carbonyl (C=O) groups excluding carboxylic acids is 1. The summed E-state index contributed by atoms with van der Waals surface area (Å²) in [5, 5.41) is 0.0829. The molecule has 0 atom stereocenters. The summed E-state index contributed by atoms with van der Waals surface area (Å²) in [6.45, 7) is 3.22. The van der Waals surface area contributed by atoms with Crippen LogP contribution < -0.4 is 10.6 Å². The third-order valence-electron chi connectivity index (χ3n) is 2.73. The van der Waals surface area contributed by atoms with E-state index in [1.54, 1.807) is 0 Å². The molecule has 0 unspecified atom stereocenters. The fourth-order valence-electron chi connectivity index (χ4n) is 1.78. The first-order valence-electron chi connectivity index (χ1n) is 5.85. The quantitative estimate of drug-likeness (QED) is 0.619. The molecule has 2 rings (SSSR count). The van der Waals surface area contributed by atoms with Crippen molar-refractivity contribution in [3.05, 3.63) is 21.7 Å². The summed E-state index contributed by atoms with van der Waals surface area (Å²) in [6, 6.07) is 1.50. The van der Waals surface area contributed by atoms with Crippen molar-refractivity contribution in [1.29, 1.82) is 0 Å². The molecule has 2 heterocycles. The second-order valence-electron chi connectivity index (χ2n) is 3.99. The molecule has 0 N–H and O–H groups in total. The molecule has 0 radical (unpaired) electrons. The predicted molar refractivity (Wildman–Crippen MR) is 67.1 cm³/mol. The molecule has 18 heavy (non-hydrogen) atoms. The SMILES string of the molecule is CCCCOC(=O)N1CCn2c1cc(Cl)nc2=O. The minimum absolute atomic E-state index is 0.0829. The van der Waals surface area contributed by atoms with Crippen LogP contribution in [0.2, 0.25) is 5.15 Å². The number of hydrogen-bond acceptors (Lipinski definition) is 4. The number of hydrogen-bond donors (Lipinski definition) is 0. The third-order valence-corrected chi connectivity index (χ3v) is 2.92. The number of nitrogens with zero attached hydrogens (tertiary/aromatic N) is 3. The van der Waals surface area contributed by atoms with Gasteiger partial charge < -0.3 is 4.74 Å². The number of carbonyl (C=O) groups is 1. The molecule has 0 bridgehead atoms. The van der Waals surface area contributed by atoms with E-state index < -0.39 is 11.8 Å². The van der Waals surface area contributed by atoms with Crippen LogP contribution in [0.15, 0.2) is 10.9 Å². The molecule has 6 nitrogen and oxygen atoms in total. The van der Waals surface area contributed by atoms with Gasteiger partial charge in [-0.1, -0.05) is 24.9 Å². The van der Waals surface area contributed by atoms with Gasteiger partial charge in [-0.2, -0.15) is 4.98 Å². The maximum absolute atomic E-state index is 11.8. The van der Waals surface area contributed by atoms with E-state index in [0.29, 0.717) is 25.5 Å². The zero-order valence-electron chi connectivity index (χ0n) is 10.1. The van der Waals surface area contributed by atoms with Crippen molar-refractivity contribution in [2.24, 2.45) is 0 Å². The first kappa shape index (κ1) is 12.9. The Labute approximate surface area is 109 Å². The lowest BCUT2D eigenvalue weighted by molar-refractivity contribution is 0.152. The lowest BCUT2D eigenvalue weighted by Crippen LogP contribution is -2.30. The molecule has 0 spiro atoms. The normalized spacial score (nSPS) is 13.6. The first-order valence-corrected chi connectivity index (χ1v) is 6.23. The number of anilines is 1. The molecule has 1 aliphatic heterocycles.